The average Bonchev–Trinajstić information content (AvgIpc) is 3.25. The van der Waals surface area contributed by atoms with Gasteiger partial charge in [-0.3, -0.25) is 4.79 Å². The van der Waals surface area contributed by atoms with E-state index in [9.17, 15) is 27.9 Å². The Bertz CT molecular complexity index is 1230. The van der Waals surface area contributed by atoms with Crippen LogP contribution >= 0.6 is 0 Å². The van der Waals surface area contributed by atoms with Crippen molar-refractivity contribution < 1.29 is 42.3 Å². The van der Waals surface area contributed by atoms with Gasteiger partial charge >= 0.3 is 12.1 Å². The molecule has 1 unspecified atom stereocenters. The van der Waals surface area contributed by atoms with E-state index in [1.165, 1.54) is 35.8 Å². The van der Waals surface area contributed by atoms with Crippen molar-refractivity contribution in [2.75, 3.05) is 6.54 Å². The Kier molecular flexibility index (Phi) is 7.64. The third-order valence-electron chi connectivity index (χ3n) is 5.30. The number of ether oxygens (including phenoxy) is 1. The van der Waals surface area contributed by atoms with E-state index in [1.54, 1.807) is 0 Å². The minimum absolute atomic E-state index is 0.196. The molecule has 0 spiro atoms. The number of nitrogens with zero attached hydrogens (tertiary/aromatic N) is 5. The fraction of sp³-hybridized carbons (Fsp3) is 0.333. The quantitative estimate of drug-likeness (QED) is 0.378. The lowest BCUT2D eigenvalue weighted by atomic mass is 9.79. The molecule has 35 heavy (non-hydrogen) atoms. The number of alkyl carbamates (subject to hydrolysis) is 1. The maximum Gasteiger partial charge on any atom is 0.410 e. The first-order valence-corrected chi connectivity index (χ1v) is 10.2. The van der Waals surface area contributed by atoms with Crippen LogP contribution in [-0.4, -0.2) is 48.6 Å². The highest BCUT2D eigenvalue weighted by Crippen LogP contribution is 2.39. The number of carbonyl (C=O) groups is 2. The van der Waals surface area contributed by atoms with E-state index in [2.05, 4.69) is 15.1 Å². The normalized spacial score (nSPS) is 14.6. The van der Waals surface area contributed by atoms with Crippen molar-refractivity contribution in [1.82, 2.24) is 25.1 Å². The highest BCUT2D eigenvalue weighted by molar-refractivity contribution is 5.76. The summed E-state index contributed by atoms with van der Waals surface area (Å²) in [5.74, 6) is -5.14. The minimum Gasteiger partial charge on any atom is -0.480 e. The summed E-state index contributed by atoms with van der Waals surface area (Å²) in [7, 11) is 0. The standard InChI is InChI=1S/C21H21F3N6O5/c1-12(19-17(24)6-25-9-27-19)21(34,15-4-3-14(22)5-16(15)23)8-30-11-29(10-28-30)13(2)35-20(33)26-7-18(31)32/h3-6,9-13,34H,7-8H2,1-2H3,(H-,26,31,32,33)/p+1/t12-,13?,21+/m0/s1. The number of rotatable bonds is 9. The molecule has 0 saturated heterocycles. The van der Waals surface area contributed by atoms with Gasteiger partial charge in [-0.25, -0.2) is 27.9 Å². The first-order chi connectivity index (χ1) is 16.5. The lowest BCUT2D eigenvalue weighted by Gasteiger charge is -2.32. The highest BCUT2D eigenvalue weighted by atomic mass is 19.1. The van der Waals surface area contributed by atoms with E-state index >= 15 is 0 Å². The van der Waals surface area contributed by atoms with Crippen LogP contribution in [0.15, 0.2) is 43.4 Å². The van der Waals surface area contributed by atoms with Gasteiger partial charge in [-0.05, 0) is 6.07 Å². The number of aliphatic carboxylic acids is 1. The van der Waals surface area contributed by atoms with Crippen LogP contribution in [0.2, 0.25) is 0 Å². The number of carbonyl (C=O) groups excluding carboxylic acids is 1. The zero-order chi connectivity index (χ0) is 25.8. The van der Waals surface area contributed by atoms with Crippen molar-refractivity contribution >= 4 is 12.1 Å². The van der Waals surface area contributed by atoms with Gasteiger partial charge in [-0.15, -0.1) is 4.68 Å². The van der Waals surface area contributed by atoms with Gasteiger partial charge in [0, 0.05) is 29.6 Å². The first-order valence-electron chi connectivity index (χ1n) is 10.2. The van der Waals surface area contributed by atoms with Crippen molar-refractivity contribution in [3.05, 3.63) is 72.1 Å². The van der Waals surface area contributed by atoms with Crippen molar-refractivity contribution in [3.8, 4) is 0 Å². The number of halogens is 3. The maximum atomic E-state index is 14.8. The molecular weight excluding hydrogens is 473 g/mol. The van der Waals surface area contributed by atoms with E-state index in [0.717, 1.165) is 24.7 Å². The van der Waals surface area contributed by atoms with Crippen molar-refractivity contribution in [3.63, 3.8) is 0 Å². The molecular formula is C21H22F3N6O5+. The van der Waals surface area contributed by atoms with Crippen LogP contribution < -0.4 is 9.88 Å². The Morgan fingerprint density at radius 3 is 2.66 bits per heavy atom. The first kappa shape index (κ1) is 25.6. The van der Waals surface area contributed by atoms with Gasteiger partial charge in [0.1, 0.15) is 36.7 Å². The number of aliphatic hydroxyl groups is 1. The Labute approximate surface area is 196 Å². The Morgan fingerprint density at radius 2 is 2.00 bits per heavy atom. The molecule has 11 nitrogen and oxygen atoms in total. The molecule has 0 aliphatic heterocycles. The highest BCUT2D eigenvalue weighted by Gasteiger charge is 2.43. The predicted octanol–water partition coefficient (Wildman–Crippen LogP) is 1.40. The topological polar surface area (TPSA) is 143 Å². The van der Waals surface area contributed by atoms with Crippen molar-refractivity contribution in [2.24, 2.45) is 0 Å². The Morgan fingerprint density at radius 1 is 1.26 bits per heavy atom. The fourth-order valence-electron chi connectivity index (χ4n) is 3.42. The van der Waals surface area contributed by atoms with Crippen LogP contribution in [0, 0.1) is 17.5 Å². The summed E-state index contributed by atoms with van der Waals surface area (Å²) in [5.41, 5.74) is -2.67. The number of carboxylic acids is 1. The zero-order valence-corrected chi connectivity index (χ0v) is 18.6. The Balaban J connectivity index is 1.90. The van der Waals surface area contributed by atoms with Crippen LogP contribution in [0.5, 0.6) is 0 Å². The third-order valence-corrected chi connectivity index (χ3v) is 5.30. The predicted molar refractivity (Wildman–Crippen MR) is 110 cm³/mol. The molecule has 186 valence electrons. The monoisotopic (exact) mass is 495 g/mol. The second-order valence-electron chi connectivity index (χ2n) is 7.67. The largest absolute Gasteiger partial charge is 0.480 e. The molecule has 3 atom stereocenters. The number of aromatic nitrogens is 5. The lowest BCUT2D eigenvalue weighted by molar-refractivity contribution is -0.753. The molecule has 0 bridgehead atoms. The average molecular weight is 495 g/mol. The summed E-state index contributed by atoms with van der Waals surface area (Å²) in [6, 6.07) is 2.61. The van der Waals surface area contributed by atoms with E-state index in [-0.39, 0.29) is 11.3 Å². The number of hydrogen-bond donors (Lipinski definition) is 3. The van der Waals surface area contributed by atoms with E-state index in [1.807, 2.05) is 5.32 Å². The molecule has 2 heterocycles. The molecule has 3 aromatic rings. The van der Waals surface area contributed by atoms with Crippen molar-refractivity contribution in [1.29, 1.82) is 0 Å². The van der Waals surface area contributed by atoms with Crippen LogP contribution in [0.25, 0.3) is 0 Å². The van der Waals surface area contributed by atoms with Gasteiger partial charge < -0.3 is 20.3 Å². The minimum atomic E-state index is -2.15. The van der Waals surface area contributed by atoms with Gasteiger partial charge in [-0.2, -0.15) is 4.57 Å². The number of carboxylic acid groups (broad SMARTS) is 1. The van der Waals surface area contributed by atoms with Crippen LogP contribution in [0.3, 0.4) is 0 Å². The SMILES string of the molecule is CC(OC(=O)NCC(=O)O)[n+]1cnn(C[C@](O)(c2ccc(F)cc2F)[C@@H](C)c2ncncc2F)c1. The van der Waals surface area contributed by atoms with Crippen LogP contribution in [0.1, 0.15) is 37.3 Å². The summed E-state index contributed by atoms with van der Waals surface area (Å²) in [5, 5.41) is 26.4. The van der Waals surface area contributed by atoms with Gasteiger partial charge in [0.2, 0.25) is 12.6 Å². The molecule has 2 aromatic heterocycles. The molecule has 14 heteroatoms. The summed E-state index contributed by atoms with van der Waals surface area (Å²) >= 11 is 0. The number of hydrogen-bond acceptors (Lipinski definition) is 7. The smallest absolute Gasteiger partial charge is 0.410 e. The molecule has 0 saturated carbocycles. The van der Waals surface area contributed by atoms with Gasteiger partial charge in [-0.1, -0.05) is 13.0 Å². The summed E-state index contributed by atoms with van der Waals surface area (Å²) in [6.45, 7) is 1.83. The van der Waals surface area contributed by atoms with E-state index in [4.69, 9.17) is 9.84 Å². The summed E-state index contributed by atoms with van der Waals surface area (Å²) in [4.78, 5) is 29.7. The molecule has 0 aliphatic carbocycles. The number of benzene rings is 1. The Hall–Kier alpha value is -4.07. The second-order valence-corrected chi connectivity index (χ2v) is 7.67. The molecule has 3 rings (SSSR count). The molecule has 0 radical (unpaired) electrons. The van der Waals surface area contributed by atoms with E-state index in [0.29, 0.717) is 6.07 Å². The van der Waals surface area contributed by atoms with Gasteiger partial charge in [0.05, 0.1) is 11.9 Å². The van der Waals surface area contributed by atoms with Crippen molar-refractivity contribution in [2.45, 2.75) is 38.1 Å². The zero-order valence-electron chi connectivity index (χ0n) is 18.6. The summed E-state index contributed by atoms with van der Waals surface area (Å²) < 4.78 is 50.3. The molecule has 1 aromatic carbocycles. The lowest BCUT2D eigenvalue weighted by Crippen LogP contribution is -2.42. The molecule has 0 fully saturated rings. The fourth-order valence-corrected chi connectivity index (χ4v) is 3.42. The third kappa shape index (κ3) is 5.90. The second kappa shape index (κ2) is 10.5. The molecule has 3 N–H and O–H groups in total. The molecule has 1 amide bonds. The number of amides is 1. The summed E-state index contributed by atoms with van der Waals surface area (Å²) in [6.07, 6.45) is 2.61. The van der Waals surface area contributed by atoms with Crippen LogP contribution in [0.4, 0.5) is 18.0 Å². The van der Waals surface area contributed by atoms with E-state index < -0.39 is 60.4 Å². The van der Waals surface area contributed by atoms with Gasteiger partial charge in [0.15, 0.2) is 5.82 Å². The van der Waals surface area contributed by atoms with Gasteiger partial charge in [0.25, 0.3) is 6.33 Å². The molecule has 0 aliphatic rings. The van der Waals surface area contributed by atoms with Crippen LogP contribution in [-0.2, 0) is 21.7 Å². The maximum absolute atomic E-state index is 14.8. The number of nitrogens with one attached hydrogen (secondary N) is 1.